The molecule has 5 nitrogen and oxygen atoms in total. The maximum absolute atomic E-state index is 5.18. The number of guanidine groups is 1. The number of para-hydroxylation sites is 1. The first-order valence-electron chi connectivity index (χ1n) is 8.64. The molecule has 0 aliphatic heterocycles. The number of likely N-dealkylation sites (N-methyl/N-ethyl adjacent to an activating group) is 1. The van der Waals surface area contributed by atoms with Gasteiger partial charge in [-0.1, -0.05) is 30.3 Å². The average Bonchev–Trinajstić information content (AvgIpc) is 2.67. The van der Waals surface area contributed by atoms with Crippen LogP contribution in [0.1, 0.15) is 12.5 Å². The van der Waals surface area contributed by atoms with Gasteiger partial charge in [0.05, 0.1) is 13.7 Å². The summed E-state index contributed by atoms with van der Waals surface area (Å²) >= 11 is 0. The molecule has 134 valence electrons. The second-order valence-electron chi connectivity index (χ2n) is 5.73. The number of nitrogens with zero attached hydrogens (tertiary/aromatic N) is 2. The fourth-order valence-electron chi connectivity index (χ4n) is 2.40. The third-order valence-corrected chi connectivity index (χ3v) is 3.86. The Morgan fingerprint density at radius 1 is 1.04 bits per heavy atom. The molecule has 2 rings (SSSR count). The van der Waals surface area contributed by atoms with E-state index in [0.29, 0.717) is 6.54 Å². The first kappa shape index (κ1) is 18.6. The molecule has 2 N–H and O–H groups in total. The van der Waals surface area contributed by atoms with Crippen molar-refractivity contribution in [3.05, 3.63) is 60.2 Å². The summed E-state index contributed by atoms with van der Waals surface area (Å²) in [5.74, 6) is 1.70. The number of aliphatic imine (C=N–C) groups is 1. The topological polar surface area (TPSA) is 48.9 Å². The third kappa shape index (κ3) is 6.37. The molecular weight excluding hydrogens is 312 g/mol. The summed E-state index contributed by atoms with van der Waals surface area (Å²) in [5.41, 5.74) is 2.36. The zero-order chi connectivity index (χ0) is 17.9. The van der Waals surface area contributed by atoms with Gasteiger partial charge in [0.2, 0.25) is 0 Å². The van der Waals surface area contributed by atoms with E-state index in [4.69, 9.17) is 4.74 Å². The quantitative estimate of drug-likeness (QED) is 0.573. The predicted molar refractivity (Wildman–Crippen MR) is 106 cm³/mol. The van der Waals surface area contributed by atoms with E-state index in [1.54, 1.807) is 7.11 Å². The van der Waals surface area contributed by atoms with Gasteiger partial charge < -0.3 is 20.3 Å². The molecule has 0 saturated carbocycles. The summed E-state index contributed by atoms with van der Waals surface area (Å²) < 4.78 is 5.18. The Morgan fingerprint density at radius 3 is 2.40 bits per heavy atom. The minimum Gasteiger partial charge on any atom is -0.497 e. The highest BCUT2D eigenvalue weighted by molar-refractivity contribution is 5.79. The Morgan fingerprint density at radius 2 is 1.76 bits per heavy atom. The van der Waals surface area contributed by atoms with Gasteiger partial charge in [0.25, 0.3) is 0 Å². The van der Waals surface area contributed by atoms with Crippen molar-refractivity contribution in [3.63, 3.8) is 0 Å². The van der Waals surface area contributed by atoms with E-state index in [-0.39, 0.29) is 0 Å². The van der Waals surface area contributed by atoms with Crippen LogP contribution in [-0.4, -0.2) is 39.8 Å². The van der Waals surface area contributed by atoms with Crippen LogP contribution in [0.5, 0.6) is 5.75 Å². The van der Waals surface area contributed by atoms with Gasteiger partial charge >= 0.3 is 0 Å². The first-order chi connectivity index (χ1) is 12.2. The van der Waals surface area contributed by atoms with Crippen molar-refractivity contribution in [2.75, 3.05) is 38.7 Å². The highest BCUT2D eigenvalue weighted by Crippen LogP contribution is 2.12. The molecule has 0 aliphatic carbocycles. The number of hydrogen-bond donors (Lipinski definition) is 2. The Labute approximate surface area is 150 Å². The Bertz CT molecular complexity index is 641. The van der Waals surface area contributed by atoms with Gasteiger partial charge in [-0.15, -0.1) is 0 Å². The number of methoxy groups -OCH3 is 1. The molecule has 0 radical (unpaired) electrons. The van der Waals surface area contributed by atoms with Crippen molar-refractivity contribution < 1.29 is 4.74 Å². The van der Waals surface area contributed by atoms with Crippen LogP contribution in [0.3, 0.4) is 0 Å². The van der Waals surface area contributed by atoms with Crippen molar-refractivity contribution in [2.24, 2.45) is 4.99 Å². The standard InChI is InChI=1S/C20H28N4O/c1-4-21-20(23-16-17-10-12-19(25-3)13-11-17)22-14-15-24(2)18-8-6-5-7-9-18/h5-13H,4,14-16H2,1-3H3,(H2,21,22,23). The fourth-order valence-corrected chi connectivity index (χ4v) is 2.40. The molecule has 0 saturated heterocycles. The third-order valence-electron chi connectivity index (χ3n) is 3.86. The van der Waals surface area contributed by atoms with Gasteiger partial charge in [-0.05, 0) is 36.8 Å². The molecule has 0 spiro atoms. The normalized spacial score (nSPS) is 11.1. The minimum atomic E-state index is 0.633. The van der Waals surface area contributed by atoms with Crippen LogP contribution in [-0.2, 0) is 6.54 Å². The van der Waals surface area contributed by atoms with E-state index in [0.717, 1.165) is 36.9 Å². The van der Waals surface area contributed by atoms with E-state index < -0.39 is 0 Å². The van der Waals surface area contributed by atoms with Gasteiger partial charge in [-0.25, -0.2) is 4.99 Å². The van der Waals surface area contributed by atoms with Crippen LogP contribution < -0.4 is 20.3 Å². The Balaban J connectivity index is 1.84. The highest BCUT2D eigenvalue weighted by atomic mass is 16.5. The van der Waals surface area contributed by atoms with Crippen LogP contribution >= 0.6 is 0 Å². The second kappa shape index (κ2) is 10.2. The molecule has 0 aromatic heterocycles. The molecule has 0 atom stereocenters. The number of anilines is 1. The summed E-state index contributed by atoms with van der Waals surface area (Å²) in [6.45, 7) is 5.26. The minimum absolute atomic E-state index is 0.633. The molecule has 0 unspecified atom stereocenters. The molecule has 0 amide bonds. The van der Waals surface area contributed by atoms with E-state index in [1.165, 1.54) is 5.69 Å². The largest absolute Gasteiger partial charge is 0.497 e. The van der Waals surface area contributed by atoms with E-state index >= 15 is 0 Å². The lowest BCUT2D eigenvalue weighted by Gasteiger charge is -2.20. The maximum atomic E-state index is 5.18. The summed E-state index contributed by atoms with van der Waals surface area (Å²) in [5, 5.41) is 6.67. The molecule has 5 heteroatoms. The predicted octanol–water partition coefficient (Wildman–Crippen LogP) is 2.89. The van der Waals surface area contributed by atoms with E-state index in [9.17, 15) is 0 Å². The van der Waals surface area contributed by atoms with Crippen LogP contribution in [0.4, 0.5) is 5.69 Å². The highest BCUT2D eigenvalue weighted by Gasteiger charge is 2.01. The monoisotopic (exact) mass is 340 g/mol. The molecule has 2 aromatic rings. The summed E-state index contributed by atoms with van der Waals surface area (Å²) in [6, 6.07) is 18.4. The van der Waals surface area contributed by atoms with Crippen molar-refractivity contribution in [2.45, 2.75) is 13.5 Å². The SMILES string of the molecule is CCNC(=NCc1ccc(OC)cc1)NCCN(C)c1ccccc1. The van der Waals surface area contributed by atoms with Gasteiger partial charge in [-0.2, -0.15) is 0 Å². The van der Waals surface area contributed by atoms with E-state index in [1.807, 2.05) is 30.3 Å². The molecule has 25 heavy (non-hydrogen) atoms. The number of benzene rings is 2. The molecule has 0 aliphatic rings. The van der Waals surface area contributed by atoms with Crippen LogP contribution in [0.2, 0.25) is 0 Å². The maximum Gasteiger partial charge on any atom is 0.191 e. The molecule has 2 aromatic carbocycles. The smallest absolute Gasteiger partial charge is 0.191 e. The molecule has 0 heterocycles. The van der Waals surface area contributed by atoms with Gasteiger partial charge in [0.1, 0.15) is 5.75 Å². The fraction of sp³-hybridized carbons (Fsp3) is 0.350. The van der Waals surface area contributed by atoms with Crippen LogP contribution in [0, 0.1) is 0 Å². The lowest BCUT2D eigenvalue weighted by atomic mass is 10.2. The summed E-state index contributed by atoms with van der Waals surface area (Å²) in [4.78, 5) is 6.87. The number of hydrogen-bond acceptors (Lipinski definition) is 3. The van der Waals surface area contributed by atoms with E-state index in [2.05, 4.69) is 58.8 Å². The number of rotatable bonds is 8. The average molecular weight is 340 g/mol. The lowest BCUT2D eigenvalue weighted by Crippen LogP contribution is -2.41. The zero-order valence-electron chi connectivity index (χ0n) is 15.3. The van der Waals surface area contributed by atoms with Crippen LogP contribution in [0.15, 0.2) is 59.6 Å². The number of nitrogens with one attached hydrogen (secondary N) is 2. The first-order valence-corrected chi connectivity index (χ1v) is 8.64. The lowest BCUT2D eigenvalue weighted by molar-refractivity contribution is 0.414. The van der Waals surface area contributed by atoms with Crippen molar-refractivity contribution in [3.8, 4) is 5.75 Å². The van der Waals surface area contributed by atoms with Crippen molar-refractivity contribution >= 4 is 11.6 Å². The van der Waals surface area contributed by atoms with Gasteiger partial charge in [-0.3, -0.25) is 0 Å². The summed E-state index contributed by atoms with van der Waals surface area (Å²) in [7, 11) is 3.77. The number of ether oxygens (including phenoxy) is 1. The molecule has 0 bridgehead atoms. The second-order valence-corrected chi connectivity index (χ2v) is 5.73. The Hall–Kier alpha value is -2.69. The summed E-state index contributed by atoms with van der Waals surface area (Å²) in [6.07, 6.45) is 0. The molecular formula is C20H28N4O. The van der Waals surface area contributed by atoms with Gasteiger partial charge in [0.15, 0.2) is 5.96 Å². The van der Waals surface area contributed by atoms with Crippen LogP contribution in [0.25, 0.3) is 0 Å². The Kier molecular flexibility index (Phi) is 7.63. The molecule has 0 fully saturated rings. The van der Waals surface area contributed by atoms with Crippen molar-refractivity contribution in [1.29, 1.82) is 0 Å². The van der Waals surface area contributed by atoms with Gasteiger partial charge in [0, 0.05) is 32.4 Å². The van der Waals surface area contributed by atoms with Crippen molar-refractivity contribution in [1.82, 2.24) is 10.6 Å². The zero-order valence-corrected chi connectivity index (χ0v) is 15.3.